The van der Waals surface area contributed by atoms with E-state index in [-0.39, 0.29) is 6.10 Å². The van der Waals surface area contributed by atoms with Gasteiger partial charge in [0.2, 0.25) is 0 Å². The van der Waals surface area contributed by atoms with Crippen LogP contribution in [0, 0.1) is 5.92 Å². The van der Waals surface area contributed by atoms with Crippen LogP contribution in [-0.2, 0) is 4.74 Å². The lowest BCUT2D eigenvalue weighted by atomic mass is 10.1. The van der Waals surface area contributed by atoms with Crippen molar-refractivity contribution in [3.63, 3.8) is 0 Å². The Morgan fingerprint density at radius 1 is 1.33 bits per heavy atom. The summed E-state index contributed by atoms with van der Waals surface area (Å²) < 4.78 is 5.12. The van der Waals surface area contributed by atoms with Crippen molar-refractivity contribution in [3.05, 3.63) is 0 Å². The fourth-order valence-electron chi connectivity index (χ4n) is 0.770. The van der Waals surface area contributed by atoms with E-state index in [9.17, 15) is 0 Å². The van der Waals surface area contributed by atoms with Gasteiger partial charge in [0.1, 0.15) is 0 Å². The summed E-state index contributed by atoms with van der Waals surface area (Å²) in [5, 5.41) is 3.37. The second-order valence-electron chi connectivity index (χ2n) is 3.37. The maximum atomic E-state index is 5.72. The number of methoxy groups -OCH3 is 1. The first-order valence-corrected chi connectivity index (χ1v) is 4.97. The molecule has 74 valence electrons. The van der Waals surface area contributed by atoms with Gasteiger partial charge in [0.15, 0.2) is 0 Å². The maximum absolute atomic E-state index is 5.72. The predicted molar refractivity (Wildman–Crippen MR) is 53.8 cm³/mol. The van der Waals surface area contributed by atoms with Crippen molar-refractivity contribution in [2.24, 2.45) is 5.92 Å². The van der Waals surface area contributed by atoms with Gasteiger partial charge in [0, 0.05) is 25.6 Å². The molecule has 0 amide bonds. The Balaban J connectivity index is 3.49. The second kappa shape index (κ2) is 6.70. The standard InChI is InChI=1S/C9H20ClNO/c1-7(5-10)9(3)11-6-8(2)12-4/h7-9,11H,5-6H2,1-4H3. The third-order valence-electron chi connectivity index (χ3n) is 2.23. The fourth-order valence-corrected chi connectivity index (χ4v) is 1.04. The van der Waals surface area contributed by atoms with E-state index in [2.05, 4.69) is 19.2 Å². The smallest absolute Gasteiger partial charge is 0.0667 e. The van der Waals surface area contributed by atoms with Gasteiger partial charge in [0.25, 0.3) is 0 Å². The molecule has 12 heavy (non-hydrogen) atoms. The van der Waals surface area contributed by atoms with Gasteiger partial charge in [-0.3, -0.25) is 0 Å². The summed E-state index contributed by atoms with van der Waals surface area (Å²) in [5.41, 5.74) is 0. The summed E-state index contributed by atoms with van der Waals surface area (Å²) >= 11 is 5.72. The van der Waals surface area contributed by atoms with E-state index in [1.807, 2.05) is 6.92 Å². The monoisotopic (exact) mass is 193 g/mol. The van der Waals surface area contributed by atoms with Crippen LogP contribution in [0.2, 0.25) is 0 Å². The molecule has 3 unspecified atom stereocenters. The molecule has 0 radical (unpaired) electrons. The molecule has 0 bridgehead atoms. The molecular weight excluding hydrogens is 174 g/mol. The Kier molecular flexibility index (Phi) is 6.81. The van der Waals surface area contributed by atoms with E-state index in [4.69, 9.17) is 16.3 Å². The summed E-state index contributed by atoms with van der Waals surface area (Å²) in [4.78, 5) is 0. The summed E-state index contributed by atoms with van der Waals surface area (Å²) in [6, 6.07) is 0.458. The molecule has 0 saturated carbocycles. The molecule has 3 atom stereocenters. The number of rotatable bonds is 6. The molecule has 0 aromatic heterocycles. The van der Waals surface area contributed by atoms with E-state index in [0.29, 0.717) is 17.8 Å². The van der Waals surface area contributed by atoms with E-state index in [1.54, 1.807) is 7.11 Å². The minimum Gasteiger partial charge on any atom is -0.380 e. The molecule has 0 aliphatic carbocycles. The molecule has 0 saturated heterocycles. The van der Waals surface area contributed by atoms with Gasteiger partial charge < -0.3 is 10.1 Å². The van der Waals surface area contributed by atoms with Crippen molar-refractivity contribution < 1.29 is 4.74 Å². The van der Waals surface area contributed by atoms with Crippen LogP contribution in [-0.4, -0.2) is 31.7 Å². The van der Waals surface area contributed by atoms with E-state index >= 15 is 0 Å². The molecule has 0 aliphatic rings. The molecule has 0 aliphatic heterocycles. The van der Waals surface area contributed by atoms with Crippen LogP contribution in [0.1, 0.15) is 20.8 Å². The van der Waals surface area contributed by atoms with Crippen molar-refractivity contribution in [2.75, 3.05) is 19.5 Å². The minimum atomic E-state index is 0.273. The van der Waals surface area contributed by atoms with E-state index in [1.165, 1.54) is 0 Å². The quantitative estimate of drug-likeness (QED) is 0.651. The lowest BCUT2D eigenvalue weighted by Crippen LogP contribution is -2.37. The van der Waals surface area contributed by atoms with Crippen molar-refractivity contribution in [1.82, 2.24) is 5.32 Å². The molecular formula is C9H20ClNO. The molecule has 0 spiro atoms. The number of hydrogen-bond donors (Lipinski definition) is 1. The van der Waals surface area contributed by atoms with E-state index in [0.717, 1.165) is 6.54 Å². The zero-order valence-electron chi connectivity index (χ0n) is 8.43. The van der Waals surface area contributed by atoms with Crippen LogP contribution in [0.3, 0.4) is 0 Å². The molecule has 0 aromatic carbocycles. The van der Waals surface area contributed by atoms with Crippen LogP contribution in [0.15, 0.2) is 0 Å². The molecule has 1 N–H and O–H groups in total. The second-order valence-corrected chi connectivity index (χ2v) is 3.68. The van der Waals surface area contributed by atoms with Crippen LogP contribution in [0.25, 0.3) is 0 Å². The molecule has 0 aromatic rings. The minimum absolute atomic E-state index is 0.273. The predicted octanol–water partition coefficient (Wildman–Crippen LogP) is 1.87. The van der Waals surface area contributed by atoms with Crippen molar-refractivity contribution >= 4 is 11.6 Å². The third kappa shape index (κ3) is 4.96. The lowest BCUT2D eigenvalue weighted by Gasteiger charge is -2.21. The largest absolute Gasteiger partial charge is 0.380 e. The van der Waals surface area contributed by atoms with Gasteiger partial charge in [-0.05, 0) is 19.8 Å². The SMILES string of the molecule is COC(C)CNC(C)C(C)CCl. The molecule has 0 heterocycles. The molecule has 0 rings (SSSR count). The Morgan fingerprint density at radius 2 is 1.92 bits per heavy atom. The van der Waals surface area contributed by atoms with E-state index < -0.39 is 0 Å². The highest BCUT2D eigenvalue weighted by molar-refractivity contribution is 6.18. The highest BCUT2D eigenvalue weighted by Gasteiger charge is 2.10. The van der Waals surface area contributed by atoms with Crippen LogP contribution >= 0.6 is 11.6 Å². The van der Waals surface area contributed by atoms with Crippen LogP contribution < -0.4 is 5.32 Å². The summed E-state index contributed by atoms with van der Waals surface area (Å²) in [6.45, 7) is 7.22. The Morgan fingerprint density at radius 3 is 2.33 bits per heavy atom. The van der Waals surface area contributed by atoms with Gasteiger partial charge in [-0.1, -0.05) is 6.92 Å². The Hall–Kier alpha value is 0.210. The van der Waals surface area contributed by atoms with Crippen LogP contribution in [0.4, 0.5) is 0 Å². The highest BCUT2D eigenvalue weighted by atomic mass is 35.5. The normalized spacial score (nSPS) is 18.8. The Labute approximate surface area is 80.6 Å². The van der Waals surface area contributed by atoms with Crippen molar-refractivity contribution in [3.8, 4) is 0 Å². The van der Waals surface area contributed by atoms with Crippen molar-refractivity contribution in [1.29, 1.82) is 0 Å². The van der Waals surface area contributed by atoms with Crippen LogP contribution in [0.5, 0.6) is 0 Å². The zero-order chi connectivity index (χ0) is 9.56. The molecule has 0 fully saturated rings. The first kappa shape index (κ1) is 12.2. The maximum Gasteiger partial charge on any atom is 0.0667 e. The average Bonchev–Trinajstić information content (AvgIpc) is 2.11. The average molecular weight is 194 g/mol. The number of halogens is 1. The summed E-state index contributed by atoms with van der Waals surface area (Å²) in [6.07, 6.45) is 0.273. The Bertz CT molecular complexity index is 111. The first-order chi connectivity index (χ1) is 5.61. The lowest BCUT2D eigenvalue weighted by molar-refractivity contribution is 0.113. The number of alkyl halides is 1. The number of ether oxygens (including phenoxy) is 1. The third-order valence-corrected chi connectivity index (χ3v) is 2.71. The van der Waals surface area contributed by atoms with Gasteiger partial charge >= 0.3 is 0 Å². The fraction of sp³-hybridized carbons (Fsp3) is 1.00. The summed E-state index contributed by atoms with van der Waals surface area (Å²) in [5.74, 6) is 1.21. The van der Waals surface area contributed by atoms with Gasteiger partial charge in [-0.15, -0.1) is 11.6 Å². The summed E-state index contributed by atoms with van der Waals surface area (Å²) in [7, 11) is 1.72. The topological polar surface area (TPSA) is 21.3 Å². The number of hydrogen-bond acceptors (Lipinski definition) is 2. The van der Waals surface area contributed by atoms with Crippen molar-refractivity contribution in [2.45, 2.75) is 32.9 Å². The molecule has 2 nitrogen and oxygen atoms in total. The molecule has 3 heteroatoms. The highest BCUT2D eigenvalue weighted by Crippen LogP contribution is 2.04. The first-order valence-electron chi connectivity index (χ1n) is 4.44. The zero-order valence-corrected chi connectivity index (χ0v) is 9.19. The van der Waals surface area contributed by atoms with Gasteiger partial charge in [-0.25, -0.2) is 0 Å². The van der Waals surface area contributed by atoms with Gasteiger partial charge in [0.05, 0.1) is 6.10 Å². The van der Waals surface area contributed by atoms with Gasteiger partial charge in [-0.2, -0.15) is 0 Å². The number of nitrogens with one attached hydrogen (secondary N) is 1.